The van der Waals surface area contributed by atoms with E-state index in [9.17, 15) is 9.59 Å². The summed E-state index contributed by atoms with van der Waals surface area (Å²) in [5, 5.41) is 17.3. The number of hydrogen-bond donors (Lipinski definition) is 2. The molecule has 2 aromatic heterocycles. The highest BCUT2D eigenvalue weighted by Crippen LogP contribution is 2.24. The van der Waals surface area contributed by atoms with E-state index < -0.39 is 0 Å². The maximum absolute atomic E-state index is 12.4. The molecule has 0 saturated carbocycles. The van der Waals surface area contributed by atoms with Crippen molar-refractivity contribution >= 4 is 51.6 Å². The highest BCUT2D eigenvalue weighted by molar-refractivity contribution is 8.00. The van der Waals surface area contributed by atoms with Crippen LogP contribution in [0.25, 0.3) is 0 Å². The Kier molecular flexibility index (Phi) is 7.46. The molecule has 11 heteroatoms. The number of carbonyl (C=O) groups is 2. The van der Waals surface area contributed by atoms with Crippen LogP contribution in [0.15, 0.2) is 34.8 Å². The first-order valence-corrected chi connectivity index (χ1v) is 11.4. The van der Waals surface area contributed by atoms with Gasteiger partial charge in [-0.15, -0.1) is 21.5 Å². The van der Waals surface area contributed by atoms with Crippen LogP contribution in [0, 0.1) is 6.92 Å². The van der Waals surface area contributed by atoms with E-state index in [1.807, 2.05) is 23.8 Å². The number of thioether (sulfide) groups is 1. The van der Waals surface area contributed by atoms with Crippen LogP contribution in [0.3, 0.4) is 0 Å². The molecule has 0 bridgehead atoms. The van der Waals surface area contributed by atoms with Gasteiger partial charge in [0.2, 0.25) is 5.91 Å². The van der Waals surface area contributed by atoms with E-state index in [0.717, 1.165) is 5.69 Å². The van der Waals surface area contributed by atoms with E-state index in [1.165, 1.54) is 23.1 Å². The van der Waals surface area contributed by atoms with Crippen LogP contribution in [0.2, 0.25) is 5.02 Å². The molecule has 2 N–H and O–H groups in total. The summed E-state index contributed by atoms with van der Waals surface area (Å²) in [6, 6.07) is 6.65. The summed E-state index contributed by atoms with van der Waals surface area (Å²) in [5.41, 5.74) is 1.38. The van der Waals surface area contributed by atoms with Crippen molar-refractivity contribution in [3.63, 3.8) is 0 Å². The number of rotatable bonds is 8. The van der Waals surface area contributed by atoms with Gasteiger partial charge in [0.1, 0.15) is 0 Å². The maximum Gasteiger partial charge on any atom is 0.251 e. The zero-order valence-electron chi connectivity index (χ0n) is 16.7. The third kappa shape index (κ3) is 5.59. The fourth-order valence-electron chi connectivity index (χ4n) is 2.55. The monoisotopic (exact) mass is 464 g/mol. The summed E-state index contributed by atoms with van der Waals surface area (Å²) < 4.78 is 1.88. The second-order valence-electron chi connectivity index (χ2n) is 6.38. The molecule has 0 aliphatic rings. The number of nitrogens with zero attached hydrogens (tertiary/aromatic N) is 4. The molecule has 1 aromatic carbocycles. The van der Waals surface area contributed by atoms with Crippen LogP contribution in [0.4, 0.5) is 5.13 Å². The Labute approximate surface area is 187 Å². The number of carbonyl (C=O) groups excluding carboxylic acids is 2. The maximum atomic E-state index is 12.4. The first kappa shape index (κ1) is 22.3. The molecule has 8 nitrogen and oxygen atoms in total. The average molecular weight is 465 g/mol. The van der Waals surface area contributed by atoms with Crippen LogP contribution in [-0.4, -0.2) is 36.8 Å². The molecule has 3 aromatic rings. The standard InChI is InChI=1S/C19H21ClN6O2S2/c1-4-26-15(9-21-17(28)13-5-7-14(20)8-6-13)24-25-19(26)30-12(3)16(27)23-18-22-11(2)10-29-18/h5-8,10,12H,4,9H2,1-3H3,(H,21,28)(H,22,23,27)/t12-/m1/s1. The Morgan fingerprint density at radius 3 is 2.63 bits per heavy atom. The van der Waals surface area contributed by atoms with Crippen molar-refractivity contribution in [2.75, 3.05) is 5.32 Å². The van der Waals surface area contributed by atoms with E-state index in [1.54, 1.807) is 31.2 Å². The average Bonchev–Trinajstić information content (AvgIpc) is 3.31. The van der Waals surface area contributed by atoms with E-state index in [4.69, 9.17) is 11.6 Å². The Morgan fingerprint density at radius 1 is 1.27 bits per heavy atom. The number of aryl methyl sites for hydroxylation is 1. The molecule has 0 unspecified atom stereocenters. The summed E-state index contributed by atoms with van der Waals surface area (Å²) in [4.78, 5) is 29.0. The molecule has 158 valence electrons. The Hall–Kier alpha value is -2.43. The zero-order chi connectivity index (χ0) is 21.7. The second kappa shape index (κ2) is 10.1. The van der Waals surface area contributed by atoms with Crippen molar-refractivity contribution in [1.82, 2.24) is 25.1 Å². The van der Waals surface area contributed by atoms with E-state index in [-0.39, 0.29) is 23.6 Å². The highest BCUT2D eigenvalue weighted by Gasteiger charge is 2.21. The normalized spacial score (nSPS) is 11.9. The van der Waals surface area contributed by atoms with Gasteiger partial charge in [-0.2, -0.15) is 0 Å². The summed E-state index contributed by atoms with van der Waals surface area (Å²) in [7, 11) is 0. The van der Waals surface area contributed by atoms with Crippen LogP contribution >= 0.6 is 34.7 Å². The van der Waals surface area contributed by atoms with Crippen molar-refractivity contribution < 1.29 is 9.59 Å². The summed E-state index contributed by atoms with van der Waals surface area (Å²) >= 11 is 8.55. The Bertz CT molecular complexity index is 1030. The molecule has 0 radical (unpaired) electrons. The molecule has 3 rings (SSSR count). The molecule has 0 aliphatic carbocycles. The van der Waals surface area contributed by atoms with Gasteiger partial charge in [0.15, 0.2) is 16.1 Å². The van der Waals surface area contributed by atoms with Crippen molar-refractivity contribution in [3.05, 3.63) is 51.7 Å². The highest BCUT2D eigenvalue weighted by atomic mass is 35.5. The number of amides is 2. The third-order valence-electron chi connectivity index (χ3n) is 4.12. The van der Waals surface area contributed by atoms with Crippen LogP contribution in [-0.2, 0) is 17.9 Å². The van der Waals surface area contributed by atoms with Crippen molar-refractivity contribution in [2.45, 2.75) is 44.3 Å². The van der Waals surface area contributed by atoms with Crippen LogP contribution in [0.1, 0.15) is 35.7 Å². The van der Waals surface area contributed by atoms with Crippen molar-refractivity contribution in [1.29, 1.82) is 0 Å². The SMILES string of the molecule is CCn1c(CNC(=O)c2ccc(Cl)cc2)nnc1S[C@H](C)C(=O)Nc1nc(C)cs1. The topological polar surface area (TPSA) is 102 Å². The zero-order valence-corrected chi connectivity index (χ0v) is 19.1. The van der Waals surface area contributed by atoms with Gasteiger partial charge >= 0.3 is 0 Å². The van der Waals surface area contributed by atoms with Crippen LogP contribution in [0.5, 0.6) is 0 Å². The summed E-state index contributed by atoms with van der Waals surface area (Å²) in [5.74, 6) is 0.237. The second-order valence-corrected chi connectivity index (χ2v) is 8.98. The summed E-state index contributed by atoms with van der Waals surface area (Å²) in [6.07, 6.45) is 0. The predicted molar refractivity (Wildman–Crippen MR) is 119 cm³/mol. The minimum Gasteiger partial charge on any atom is -0.345 e. The molecule has 0 fully saturated rings. The number of hydrogen-bond acceptors (Lipinski definition) is 7. The van der Waals surface area contributed by atoms with Gasteiger partial charge in [0.25, 0.3) is 5.91 Å². The number of anilines is 1. The molecule has 0 saturated heterocycles. The van der Waals surface area contributed by atoms with Gasteiger partial charge in [0, 0.05) is 22.5 Å². The molecule has 1 atom stereocenters. The molecule has 2 heterocycles. The van der Waals surface area contributed by atoms with Crippen molar-refractivity contribution in [3.8, 4) is 0 Å². The Morgan fingerprint density at radius 2 is 2.00 bits per heavy atom. The largest absolute Gasteiger partial charge is 0.345 e. The number of benzene rings is 1. The first-order valence-electron chi connectivity index (χ1n) is 9.23. The fraction of sp³-hybridized carbons (Fsp3) is 0.316. The van der Waals surface area contributed by atoms with Gasteiger partial charge in [-0.25, -0.2) is 4.98 Å². The van der Waals surface area contributed by atoms with Gasteiger partial charge in [-0.1, -0.05) is 23.4 Å². The number of aromatic nitrogens is 4. The van der Waals surface area contributed by atoms with Crippen LogP contribution < -0.4 is 10.6 Å². The lowest BCUT2D eigenvalue weighted by atomic mass is 10.2. The third-order valence-corrected chi connectivity index (χ3v) is 6.33. The molecular formula is C19H21ClN6O2S2. The van der Waals surface area contributed by atoms with Crippen molar-refractivity contribution in [2.24, 2.45) is 0 Å². The molecule has 0 aliphatic heterocycles. The van der Waals surface area contributed by atoms with Gasteiger partial charge < -0.3 is 15.2 Å². The number of nitrogens with one attached hydrogen (secondary N) is 2. The molecular weight excluding hydrogens is 444 g/mol. The van der Waals surface area contributed by atoms with Gasteiger partial charge in [-0.3, -0.25) is 9.59 Å². The predicted octanol–water partition coefficient (Wildman–Crippen LogP) is 3.77. The molecule has 30 heavy (non-hydrogen) atoms. The Balaban J connectivity index is 1.61. The number of thiazole rings is 1. The molecule has 2 amide bonds. The van der Waals surface area contributed by atoms with Gasteiger partial charge in [0.05, 0.1) is 17.5 Å². The smallest absolute Gasteiger partial charge is 0.251 e. The van der Waals surface area contributed by atoms with E-state index in [2.05, 4.69) is 25.8 Å². The van der Waals surface area contributed by atoms with Gasteiger partial charge in [-0.05, 0) is 45.0 Å². The lowest BCUT2D eigenvalue weighted by Gasteiger charge is -2.12. The quantitative estimate of drug-likeness (QED) is 0.492. The summed E-state index contributed by atoms with van der Waals surface area (Å²) in [6.45, 7) is 6.47. The minimum atomic E-state index is -0.389. The van der Waals surface area contributed by atoms with E-state index >= 15 is 0 Å². The first-order chi connectivity index (χ1) is 14.4. The fourth-order valence-corrected chi connectivity index (χ4v) is 4.30. The lowest BCUT2D eigenvalue weighted by Crippen LogP contribution is -2.25. The minimum absolute atomic E-state index is 0.155. The van der Waals surface area contributed by atoms with E-state index in [0.29, 0.717) is 33.2 Å². The molecule has 0 spiro atoms. The lowest BCUT2D eigenvalue weighted by molar-refractivity contribution is -0.115. The number of halogens is 1.